The van der Waals surface area contributed by atoms with Gasteiger partial charge in [-0.1, -0.05) is 12.1 Å². The van der Waals surface area contributed by atoms with Gasteiger partial charge in [0.2, 0.25) is 0 Å². The fraction of sp³-hybridized carbons (Fsp3) is 0.667. The molecule has 0 radical (unpaired) electrons. The number of hydrogen-bond acceptors (Lipinski definition) is 3. The number of rotatable bonds is 1. The molecule has 0 N–H and O–H groups in total. The molecule has 1 aromatic heterocycles. The summed E-state index contributed by atoms with van der Waals surface area (Å²) < 4.78 is 5.03. The van der Waals surface area contributed by atoms with Crippen molar-refractivity contribution in [3.05, 3.63) is 17.0 Å². The van der Waals surface area contributed by atoms with Crippen LogP contribution in [-0.4, -0.2) is 29.1 Å². The van der Waals surface area contributed by atoms with E-state index < -0.39 is 0 Å². The second-order valence-corrected chi connectivity index (χ2v) is 4.67. The van der Waals surface area contributed by atoms with Crippen LogP contribution >= 0.6 is 0 Å². The van der Waals surface area contributed by atoms with Crippen LogP contribution in [-0.2, 0) is 0 Å². The van der Waals surface area contributed by atoms with Crippen LogP contribution in [0.25, 0.3) is 0 Å². The van der Waals surface area contributed by atoms with Gasteiger partial charge in [0.25, 0.3) is 5.91 Å². The molecule has 0 saturated carbocycles. The van der Waals surface area contributed by atoms with E-state index in [1.807, 2.05) is 11.8 Å². The van der Waals surface area contributed by atoms with Crippen molar-refractivity contribution >= 4 is 5.91 Å². The van der Waals surface area contributed by atoms with E-state index in [2.05, 4.69) is 12.1 Å². The number of piperidine rings is 1. The van der Waals surface area contributed by atoms with Crippen molar-refractivity contribution in [2.45, 2.75) is 33.6 Å². The number of carbonyl (C=O) groups excluding carboxylic acids is 1. The minimum absolute atomic E-state index is 0.0724. The van der Waals surface area contributed by atoms with Gasteiger partial charge in [-0.15, -0.1) is 0 Å². The highest BCUT2D eigenvalue weighted by atomic mass is 16.5. The van der Waals surface area contributed by atoms with E-state index in [0.717, 1.165) is 31.8 Å². The minimum Gasteiger partial charge on any atom is -0.361 e. The maximum absolute atomic E-state index is 12.2. The zero-order chi connectivity index (χ0) is 11.7. The summed E-state index contributed by atoms with van der Waals surface area (Å²) in [6.07, 6.45) is 2.18. The molecule has 1 aromatic rings. The van der Waals surface area contributed by atoms with Crippen molar-refractivity contribution in [3.63, 3.8) is 0 Å². The monoisotopic (exact) mass is 222 g/mol. The molecule has 0 atom stereocenters. The van der Waals surface area contributed by atoms with Crippen molar-refractivity contribution < 1.29 is 9.32 Å². The lowest BCUT2D eigenvalue weighted by atomic mass is 9.98. The Morgan fingerprint density at radius 3 is 2.50 bits per heavy atom. The molecule has 4 heteroatoms. The summed E-state index contributed by atoms with van der Waals surface area (Å²) in [5.74, 6) is 1.43. The SMILES string of the molecule is Cc1noc(C)c1C(=O)N1CCC(C)CC1. The lowest BCUT2D eigenvalue weighted by Gasteiger charge is -2.30. The van der Waals surface area contributed by atoms with E-state index in [1.54, 1.807) is 6.92 Å². The van der Waals surface area contributed by atoms with E-state index in [9.17, 15) is 4.79 Å². The Balaban J connectivity index is 2.14. The molecule has 2 rings (SSSR count). The third kappa shape index (κ3) is 1.96. The first-order valence-corrected chi connectivity index (χ1v) is 5.81. The predicted molar refractivity (Wildman–Crippen MR) is 60.3 cm³/mol. The van der Waals surface area contributed by atoms with Crippen molar-refractivity contribution in [1.82, 2.24) is 10.1 Å². The highest BCUT2D eigenvalue weighted by molar-refractivity contribution is 5.96. The van der Waals surface area contributed by atoms with Crippen LogP contribution in [0.4, 0.5) is 0 Å². The standard InChI is InChI=1S/C12H18N2O2/c1-8-4-6-14(7-5-8)12(15)11-9(2)13-16-10(11)3/h8H,4-7H2,1-3H3. The summed E-state index contributed by atoms with van der Waals surface area (Å²) in [5, 5.41) is 3.82. The molecule has 88 valence electrons. The first-order valence-electron chi connectivity index (χ1n) is 5.81. The van der Waals surface area contributed by atoms with Gasteiger partial charge in [0, 0.05) is 13.1 Å². The van der Waals surface area contributed by atoms with Crippen molar-refractivity contribution in [2.75, 3.05) is 13.1 Å². The van der Waals surface area contributed by atoms with Crippen LogP contribution in [0, 0.1) is 19.8 Å². The zero-order valence-corrected chi connectivity index (χ0v) is 10.1. The Morgan fingerprint density at radius 1 is 1.38 bits per heavy atom. The van der Waals surface area contributed by atoms with Gasteiger partial charge in [0.1, 0.15) is 11.3 Å². The quantitative estimate of drug-likeness (QED) is 0.731. The number of aromatic nitrogens is 1. The molecule has 1 amide bonds. The van der Waals surface area contributed by atoms with Crippen molar-refractivity contribution in [3.8, 4) is 0 Å². The molecule has 1 aliphatic rings. The fourth-order valence-corrected chi connectivity index (χ4v) is 2.16. The van der Waals surface area contributed by atoms with Gasteiger partial charge in [0.05, 0.1) is 5.69 Å². The second-order valence-electron chi connectivity index (χ2n) is 4.67. The maximum atomic E-state index is 12.2. The van der Waals surface area contributed by atoms with Gasteiger partial charge in [0.15, 0.2) is 0 Å². The Bertz CT molecular complexity index is 370. The van der Waals surface area contributed by atoms with Crippen LogP contribution in [0.15, 0.2) is 4.52 Å². The lowest BCUT2D eigenvalue weighted by Crippen LogP contribution is -2.38. The van der Waals surface area contributed by atoms with Gasteiger partial charge >= 0.3 is 0 Å². The summed E-state index contributed by atoms with van der Waals surface area (Å²) in [4.78, 5) is 14.1. The highest BCUT2D eigenvalue weighted by Crippen LogP contribution is 2.21. The van der Waals surface area contributed by atoms with Crippen LogP contribution in [0.5, 0.6) is 0 Å². The molecular weight excluding hydrogens is 204 g/mol. The summed E-state index contributed by atoms with van der Waals surface area (Å²) in [6.45, 7) is 7.54. The van der Waals surface area contributed by atoms with Crippen LogP contribution in [0.1, 0.15) is 41.6 Å². The average Bonchev–Trinajstić information content (AvgIpc) is 2.59. The molecule has 16 heavy (non-hydrogen) atoms. The second kappa shape index (κ2) is 4.28. The number of hydrogen-bond donors (Lipinski definition) is 0. The van der Waals surface area contributed by atoms with Crippen LogP contribution in [0.3, 0.4) is 0 Å². The molecule has 0 aliphatic carbocycles. The van der Waals surface area contributed by atoms with Crippen molar-refractivity contribution in [1.29, 1.82) is 0 Å². The van der Waals surface area contributed by atoms with Gasteiger partial charge < -0.3 is 9.42 Å². The van der Waals surface area contributed by atoms with Gasteiger partial charge in [-0.05, 0) is 32.6 Å². The largest absolute Gasteiger partial charge is 0.361 e. The number of aryl methyl sites for hydroxylation is 2. The predicted octanol–water partition coefficient (Wildman–Crippen LogP) is 2.16. The summed E-state index contributed by atoms with van der Waals surface area (Å²) in [6, 6.07) is 0. The first kappa shape index (κ1) is 11.2. The molecule has 2 heterocycles. The van der Waals surface area contributed by atoms with E-state index in [-0.39, 0.29) is 5.91 Å². The maximum Gasteiger partial charge on any atom is 0.259 e. The smallest absolute Gasteiger partial charge is 0.259 e. The van der Waals surface area contributed by atoms with E-state index in [4.69, 9.17) is 4.52 Å². The Labute approximate surface area is 95.6 Å². The number of likely N-dealkylation sites (tertiary alicyclic amines) is 1. The fourth-order valence-electron chi connectivity index (χ4n) is 2.16. The third-order valence-corrected chi connectivity index (χ3v) is 3.32. The first-order chi connectivity index (χ1) is 7.59. The molecule has 0 bridgehead atoms. The van der Waals surface area contributed by atoms with Crippen LogP contribution < -0.4 is 0 Å². The molecule has 1 fully saturated rings. The summed E-state index contributed by atoms with van der Waals surface area (Å²) >= 11 is 0. The van der Waals surface area contributed by atoms with Crippen LogP contribution in [0.2, 0.25) is 0 Å². The van der Waals surface area contributed by atoms with Gasteiger partial charge in [-0.2, -0.15) is 0 Å². The molecule has 0 aromatic carbocycles. The number of nitrogens with zero attached hydrogens (tertiary/aromatic N) is 2. The lowest BCUT2D eigenvalue weighted by molar-refractivity contribution is 0.0695. The summed E-state index contributed by atoms with van der Waals surface area (Å²) in [7, 11) is 0. The Kier molecular flexibility index (Phi) is 2.99. The van der Waals surface area contributed by atoms with Gasteiger partial charge in [-0.3, -0.25) is 4.79 Å². The Hall–Kier alpha value is -1.32. The Morgan fingerprint density at radius 2 is 2.00 bits per heavy atom. The normalized spacial score (nSPS) is 17.8. The van der Waals surface area contributed by atoms with Crippen molar-refractivity contribution in [2.24, 2.45) is 5.92 Å². The summed E-state index contributed by atoms with van der Waals surface area (Å²) in [5.41, 5.74) is 1.34. The number of amides is 1. The number of carbonyl (C=O) groups is 1. The van der Waals surface area contributed by atoms with E-state index in [0.29, 0.717) is 17.0 Å². The molecule has 1 aliphatic heterocycles. The topological polar surface area (TPSA) is 46.3 Å². The minimum atomic E-state index is 0.0724. The molecule has 4 nitrogen and oxygen atoms in total. The third-order valence-electron chi connectivity index (χ3n) is 3.32. The molecule has 0 spiro atoms. The molecule has 0 unspecified atom stereocenters. The molecule has 1 saturated heterocycles. The molecular formula is C12H18N2O2. The average molecular weight is 222 g/mol. The zero-order valence-electron chi connectivity index (χ0n) is 10.1. The highest BCUT2D eigenvalue weighted by Gasteiger charge is 2.25. The van der Waals surface area contributed by atoms with Gasteiger partial charge in [-0.25, -0.2) is 0 Å². The van der Waals surface area contributed by atoms with E-state index in [1.165, 1.54) is 0 Å². The van der Waals surface area contributed by atoms with E-state index >= 15 is 0 Å².